The number of ether oxygens (including phenoxy) is 2. The van der Waals surface area contributed by atoms with E-state index in [4.69, 9.17) is 9.47 Å². The molecule has 5 nitrogen and oxygen atoms in total. The fourth-order valence-corrected chi connectivity index (χ4v) is 4.05. The van der Waals surface area contributed by atoms with Gasteiger partial charge in [-0.05, 0) is 25.0 Å². The molecule has 1 aliphatic carbocycles. The Morgan fingerprint density at radius 2 is 1.80 bits per heavy atom. The zero-order valence-electron chi connectivity index (χ0n) is 14.9. The zero-order valence-corrected chi connectivity index (χ0v) is 15.7. The van der Waals surface area contributed by atoms with Crippen LogP contribution in [0.1, 0.15) is 38.1 Å². The fraction of sp³-hybridized carbons (Fsp3) is 0.474. The minimum Gasteiger partial charge on any atom is -0.497 e. The summed E-state index contributed by atoms with van der Waals surface area (Å²) in [6, 6.07) is 6.31. The average molecular weight is 359 g/mol. The minimum atomic E-state index is 0.447. The molecule has 0 radical (unpaired) electrons. The van der Waals surface area contributed by atoms with Gasteiger partial charge in [0.05, 0.1) is 14.2 Å². The summed E-state index contributed by atoms with van der Waals surface area (Å²) in [5, 5.41) is 9.94. The molecule has 6 heteroatoms. The van der Waals surface area contributed by atoms with Gasteiger partial charge in [-0.3, -0.25) is 4.57 Å². The molecule has 1 fully saturated rings. The molecular formula is C19H25N3O2S. The molecule has 3 rings (SSSR count). The summed E-state index contributed by atoms with van der Waals surface area (Å²) >= 11 is 1.68. The first-order chi connectivity index (χ1) is 12.3. The quantitative estimate of drug-likeness (QED) is 0.527. The molecule has 134 valence electrons. The van der Waals surface area contributed by atoms with Gasteiger partial charge in [0.25, 0.3) is 0 Å². The van der Waals surface area contributed by atoms with Gasteiger partial charge in [0.2, 0.25) is 0 Å². The summed E-state index contributed by atoms with van der Waals surface area (Å²) in [6.07, 6.45) is 8.08. The van der Waals surface area contributed by atoms with Gasteiger partial charge < -0.3 is 9.47 Å². The Morgan fingerprint density at radius 3 is 2.40 bits per heavy atom. The van der Waals surface area contributed by atoms with Crippen LogP contribution >= 0.6 is 11.8 Å². The van der Waals surface area contributed by atoms with Crippen molar-refractivity contribution >= 4 is 11.8 Å². The van der Waals surface area contributed by atoms with Crippen LogP contribution in [0.5, 0.6) is 11.5 Å². The lowest BCUT2D eigenvalue weighted by Crippen LogP contribution is -2.15. The molecule has 0 spiro atoms. The molecule has 1 aromatic carbocycles. The number of thioether (sulfide) groups is 1. The van der Waals surface area contributed by atoms with Crippen LogP contribution in [0.2, 0.25) is 0 Å². The molecule has 0 N–H and O–H groups in total. The van der Waals surface area contributed by atoms with E-state index in [9.17, 15) is 0 Å². The van der Waals surface area contributed by atoms with Gasteiger partial charge in [-0.25, -0.2) is 0 Å². The predicted molar refractivity (Wildman–Crippen MR) is 102 cm³/mol. The maximum absolute atomic E-state index is 5.42. The SMILES string of the molecule is C=CCSc1nnc(-c2cc(OC)cc(OC)c2)n1C1CCCCC1. The van der Waals surface area contributed by atoms with Gasteiger partial charge in [0, 0.05) is 23.4 Å². The van der Waals surface area contributed by atoms with E-state index in [1.165, 1.54) is 32.1 Å². The highest BCUT2D eigenvalue weighted by atomic mass is 32.2. The van der Waals surface area contributed by atoms with E-state index in [2.05, 4.69) is 21.3 Å². The van der Waals surface area contributed by atoms with E-state index in [-0.39, 0.29) is 0 Å². The maximum Gasteiger partial charge on any atom is 0.192 e. The Labute approximate surface area is 153 Å². The lowest BCUT2D eigenvalue weighted by molar-refractivity contribution is 0.339. The topological polar surface area (TPSA) is 49.2 Å². The van der Waals surface area contributed by atoms with Crippen LogP contribution in [0.3, 0.4) is 0 Å². The molecule has 2 aromatic rings. The van der Waals surface area contributed by atoms with Crippen LogP contribution in [0, 0.1) is 0 Å². The van der Waals surface area contributed by atoms with Crippen LogP contribution in [-0.2, 0) is 0 Å². The summed E-state index contributed by atoms with van der Waals surface area (Å²) in [4.78, 5) is 0. The second-order valence-corrected chi connectivity index (χ2v) is 7.16. The first-order valence-electron chi connectivity index (χ1n) is 8.69. The molecule has 25 heavy (non-hydrogen) atoms. The second kappa shape index (κ2) is 8.43. The Balaban J connectivity index is 2.05. The Bertz CT molecular complexity index is 701. The number of benzene rings is 1. The number of aromatic nitrogens is 3. The molecule has 1 aromatic heterocycles. The van der Waals surface area contributed by atoms with Crippen LogP contribution in [0.25, 0.3) is 11.4 Å². The summed E-state index contributed by atoms with van der Waals surface area (Å²) in [5.74, 6) is 3.23. The normalized spacial score (nSPS) is 15.1. The van der Waals surface area contributed by atoms with Crippen molar-refractivity contribution in [2.24, 2.45) is 0 Å². The fourth-order valence-electron chi connectivity index (χ4n) is 3.31. The summed E-state index contributed by atoms with van der Waals surface area (Å²) in [7, 11) is 3.32. The Kier molecular flexibility index (Phi) is 6.02. The van der Waals surface area contributed by atoms with E-state index in [1.807, 2.05) is 24.3 Å². The number of methoxy groups -OCH3 is 2. The predicted octanol–water partition coefficient (Wildman–Crippen LogP) is 4.75. The van der Waals surface area contributed by atoms with Crippen LogP contribution in [0.4, 0.5) is 0 Å². The minimum absolute atomic E-state index is 0.447. The Hall–Kier alpha value is -1.95. The molecule has 1 aliphatic rings. The number of nitrogens with zero attached hydrogens (tertiary/aromatic N) is 3. The first-order valence-corrected chi connectivity index (χ1v) is 9.67. The second-order valence-electron chi connectivity index (χ2n) is 6.17. The van der Waals surface area contributed by atoms with Gasteiger partial charge >= 0.3 is 0 Å². The molecule has 0 amide bonds. The largest absolute Gasteiger partial charge is 0.497 e. The van der Waals surface area contributed by atoms with Gasteiger partial charge in [-0.2, -0.15) is 0 Å². The Morgan fingerprint density at radius 1 is 1.12 bits per heavy atom. The van der Waals surface area contributed by atoms with E-state index >= 15 is 0 Å². The molecule has 1 heterocycles. The van der Waals surface area contributed by atoms with Crippen molar-refractivity contribution in [3.63, 3.8) is 0 Å². The third-order valence-electron chi connectivity index (χ3n) is 4.54. The molecule has 0 saturated heterocycles. The monoisotopic (exact) mass is 359 g/mol. The van der Waals surface area contributed by atoms with E-state index in [1.54, 1.807) is 26.0 Å². The van der Waals surface area contributed by atoms with E-state index < -0.39 is 0 Å². The van der Waals surface area contributed by atoms with Crippen LogP contribution in [-0.4, -0.2) is 34.7 Å². The van der Waals surface area contributed by atoms with Crippen LogP contribution < -0.4 is 9.47 Å². The van der Waals surface area contributed by atoms with Crippen molar-refractivity contribution in [3.05, 3.63) is 30.9 Å². The highest BCUT2D eigenvalue weighted by Gasteiger charge is 2.24. The molecule has 0 atom stereocenters. The lowest BCUT2D eigenvalue weighted by atomic mass is 9.95. The molecular weight excluding hydrogens is 334 g/mol. The summed E-state index contributed by atoms with van der Waals surface area (Å²) in [5.41, 5.74) is 0.972. The van der Waals surface area contributed by atoms with Crippen molar-refractivity contribution in [1.29, 1.82) is 0 Å². The standard InChI is InChI=1S/C19H25N3O2S/c1-4-10-25-19-21-20-18(22(19)15-8-6-5-7-9-15)14-11-16(23-2)13-17(12-14)24-3/h4,11-13,15H,1,5-10H2,2-3H3. The first kappa shape index (κ1) is 17.9. The average Bonchev–Trinajstić information content (AvgIpc) is 3.10. The summed E-state index contributed by atoms with van der Waals surface area (Å²) in [6.45, 7) is 3.82. The smallest absolute Gasteiger partial charge is 0.192 e. The van der Waals surface area contributed by atoms with Crippen molar-refractivity contribution in [2.75, 3.05) is 20.0 Å². The molecule has 0 unspecified atom stereocenters. The molecule has 0 aliphatic heterocycles. The maximum atomic E-state index is 5.42. The highest BCUT2D eigenvalue weighted by Crippen LogP contribution is 2.37. The van der Waals surface area contributed by atoms with Crippen molar-refractivity contribution in [1.82, 2.24) is 14.8 Å². The van der Waals surface area contributed by atoms with E-state index in [0.29, 0.717) is 6.04 Å². The third kappa shape index (κ3) is 4.00. The van der Waals surface area contributed by atoms with Gasteiger partial charge in [-0.1, -0.05) is 37.1 Å². The zero-order chi connectivity index (χ0) is 17.6. The lowest BCUT2D eigenvalue weighted by Gasteiger charge is -2.25. The van der Waals surface area contributed by atoms with Gasteiger partial charge in [0.15, 0.2) is 11.0 Å². The van der Waals surface area contributed by atoms with Crippen molar-refractivity contribution < 1.29 is 9.47 Å². The van der Waals surface area contributed by atoms with E-state index in [0.717, 1.165) is 33.8 Å². The number of rotatable bonds is 7. The van der Waals surface area contributed by atoms with Crippen LogP contribution in [0.15, 0.2) is 36.0 Å². The molecule has 1 saturated carbocycles. The van der Waals surface area contributed by atoms with Crippen molar-refractivity contribution in [3.8, 4) is 22.9 Å². The third-order valence-corrected chi connectivity index (χ3v) is 5.48. The summed E-state index contributed by atoms with van der Waals surface area (Å²) < 4.78 is 13.1. The van der Waals surface area contributed by atoms with Gasteiger partial charge in [0.1, 0.15) is 11.5 Å². The number of hydrogen-bond acceptors (Lipinski definition) is 5. The van der Waals surface area contributed by atoms with Gasteiger partial charge in [-0.15, -0.1) is 16.8 Å². The number of hydrogen-bond donors (Lipinski definition) is 0. The highest BCUT2D eigenvalue weighted by molar-refractivity contribution is 7.99. The van der Waals surface area contributed by atoms with Crippen molar-refractivity contribution in [2.45, 2.75) is 43.3 Å². The molecule has 0 bridgehead atoms.